The van der Waals surface area contributed by atoms with Crippen LogP contribution in [0.4, 0.5) is 18.9 Å². The molecule has 0 amide bonds. The molecular formula is C20H23ClF3N3O6S. The lowest BCUT2D eigenvalue weighted by Crippen LogP contribution is -2.60. The standard InChI is InChI=1S/C20H23ClF3N3O6S/c1-4-27-18(29)12(9-25-27)17(28)11-5-6-13(34(3,31)32)16(15(11)21)26-7-8-33-14(10-26)19(2,30)20(22,23)24/h5-6,9,14,25,30H,4,7-8,10H2,1-3H3/t14-,19-/m1/s1. The molecule has 14 heteroatoms. The van der Waals surface area contributed by atoms with E-state index in [-0.39, 0.29) is 46.4 Å². The van der Waals surface area contributed by atoms with E-state index in [1.165, 1.54) is 15.8 Å². The van der Waals surface area contributed by atoms with Crippen molar-refractivity contribution < 1.29 is 36.2 Å². The third-order valence-electron chi connectivity index (χ3n) is 5.71. The van der Waals surface area contributed by atoms with Crippen molar-refractivity contribution in [1.82, 2.24) is 9.78 Å². The second-order valence-electron chi connectivity index (χ2n) is 8.06. The first-order valence-corrected chi connectivity index (χ1v) is 12.4. The second kappa shape index (κ2) is 9.02. The second-order valence-corrected chi connectivity index (χ2v) is 10.4. The van der Waals surface area contributed by atoms with Gasteiger partial charge in [0.1, 0.15) is 11.7 Å². The highest BCUT2D eigenvalue weighted by molar-refractivity contribution is 7.90. The summed E-state index contributed by atoms with van der Waals surface area (Å²) in [7, 11) is -3.94. The van der Waals surface area contributed by atoms with Crippen molar-refractivity contribution in [3.05, 3.63) is 44.8 Å². The molecule has 2 atom stereocenters. The number of rotatable bonds is 6. The Morgan fingerprint density at radius 2 is 1.97 bits per heavy atom. The lowest BCUT2D eigenvalue weighted by molar-refractivity contribution is -0.289. The number of morpholine rings is 1. The first kappa shape index (κ1) is 26.3. The lowest BCUT2D eigenvalue weighted by atomic mass is 9.96. The molecule has 1 fully saturated rings. The number of halogens is 4. The number of aryl methyl sites for hydroxylation is 1. The highest BCUT2D eigenvalue weighted by Gasteiger charge is 2.56. The third kappa shape index (κ3) is 4.61. The molecule has 1 saturated heterocycles. The number of carbonyl (C=O) groups is 1. The summed E-state index contributed by atoms with van der Waals surface area (Å²) in [6, 6.07) is 2.26. The molecule has 1 aromatic carbocycles. The van der Waals surface area contributed by atoms with Crippen LogP contribution in [0, 0.1) is 0 Å². The molecule has 1 aliphatic heterocycles. The van der Waals surface area contributed by atoms with Gasteiger partial charge in [0.25, 0.3) is 5.56 Å². The quantitative estimate of drug-likeness (QED) is 0.553. The van der Waals surface area contributed by atoms with Crippen LogP contribution >= 0.6 is 11.6 Å². The van der Waals surface area contributed by atoms with Crippen molar-refractivity contribution in [2.45, 2.75) is 43.2 Å². The Kier molecular flexibility index (Phi) is 6.97. The first-order chi connectivity index (χ1) is 15.6. The Labute approximate surface area is 198 Å². The molecule has 1 aromatic heterocycles. The number of nitrogens with zero attached hydrogens (tertiary/aromatic N) is 2. The van der Waals surface area contributed by atoms with Crippen LogP contribution in [0.25, 0.3) is 0 Å². The Morgan fingerprint density at radius 1 is 1.32 bits per heavy atom. The predicted molar refractivity (Wildman–Crippen MR) is 117 cm³/mol. The van der Waals surface area contributed by atoms with Crippen LogP contribution in [0.2, 0.25) is 5.02 Å². The van der Waals surface area contributed by atoms with Gasteiger partial charge in [-0.1, -0.05) is 11.6 Å². The van der Waals surface area contributed by atoms with E-state index in [1.807, 2.05) is 0 Å². The summed E-state index contributed by atoms with van der Waals surface area (Å²) in [6.07, 6.45) is -4.69. The Bertz CT molecular complexity index is 1270. The van der Waals surface area contributed by atoms with Crippen LogP contribution in [0.15, 0.2) is 28.0 Å². The van der Waals surface area contributed by atoms with Crippen molar-refractivity contribution in [3.8, 4) is 0 Å². The van der Waals surface area contributed by atoms with Gasteiger partial charge in [-0.3, -0.25) is 14.3 Å². The number of carbonyl (C=O) groups excluding carboxylic acids is 1. The van der Waals surface area contributed by atoms with Gasteiger partial charge in [0, 0.05) is 37.7 Å². The van der Waals surface area contributed by atoms with Gasteiger partial charge in [-0.05, 0) is 26.0 Å². The molecule has 0 radical (unpaired) electrons. The number of sulfone groups is 1. The maximum atomic E-state index is 13.4. The van der Waals surface area contributed by atoms with E-state index in [9.17, 15) is 36.3 Å². The summed E-state index contributed by atoms with van der Waals surface area (Å²) in [5, 5.41) is 12.3. The molecule has 2 aromatic rings. The summed E-state index contributed by atoms with van der Waals surface area (Å²) in [4.78, 5) is 26.4. The molecule has 0 bridgehead atoms. The van der Waals surface area contributed by atoms with Gasteiger partial charge in [0.05, 0.1) is 22.2 Å². The SMILES string of the molecule is CCn1[nH]cc(C(=O)c2ccc(S(C)(=O)=O)c(N3CCO[C@@H]([C@@](C)(O)C(F)(F)F)C3)c2Cl)c1=O. The van der Waals surface area contributed by atoms with E-state index in [0.29, 0.717) is 6.92 Å². The summed E-state index contributed by atoms with van der Waals surface area (Å²) in [6.45, 7) is 1.63. The summed E-state index contributed by atoms with van der Waals surface area (Å²) >= 11 is 6.47. The normalized spacial score (nSPS) is 19.2. The van der Waals surface area contributed by atoms with Gasteiger partial charge in [0.15, 0.2) is 15.4 Å². The third-order valence-corrected chi connectivity index (χ3v) is 7.22. The van der Waals surface area contributed by atoms with Crippen LogP contribution < -0.4 is 10.5 Å². The number of hydrogen-bond donors (Lipinski definition) is 2. The maximum Gasteiger partial charge on any atom is 0.419 e. The molecule has 0 saturated carbocycles. The number of H-pyrrole nitrogens is 1. The van der Waals surface area contributed by atoms with Crippen LogP contribution in [0.1, 0.15) is 29.8 Å². The Balaban J connectivity index is 2.13. The van der Waals surface area contributed by atoms with Gasteiger partial charge in [-0.2, -0.15) is 13.2 Å². The molecule has 1 aliphatic rings. The first-order valence-electron chi connectivity index (χ1n) is 10.1. The average Bonchev–Trinajstić information content (AvgIpc) is 3.12. The highest BCUT2D eigenvalue weighted by Crippen LogP contribution is 2.40. The number of nitrogens with one attached hydrogen (secondary N) is 1. The van der Waals surface area contributed by atoms with Gasteiger partial charge in [-0.15, -0.1) is 0 Å². The number of alkyl halides is 3. The molecule has 188 valence electrons. The minimum Gasteiger partial charge on any atom is -0.379 e. The Morgan fingerprint density at radius 3 is 2.50 bits per heavy atom. The van der Waals surface area contributed by atoms with Gasteiger partial charge in [-0.25, -0.2) is 8.42 Å². The van der Waals surface area contributed by atoms with E-state index >= 15 is 0 Å². The van der Waals surface area contributed by atoms with E-state index in [0.717, 1.165) is 18.4 Å². The molecule has 0 spiro atoms. The fourth-order valence-electron chi connectivity index (χ4n) is 3.64. The van der Waals surface area contributed by atoms with Crippen LogP contribution in [-0.4, -0.2) is 72.9 Å². The zero-order valence-corrected chi connectivity index (χ0v) is 20.0. The van der Waals surface area contributed by atoms with E-state index in [1.54, 1.807) is 6.92 Å². The number of aromatic amines is 1. The van der Waals surface area contributed by atoms with Gasteiger partial charge < -0.3 is 19.8 Å². The molecule has 0 aliphatic carbocycles. The summed E-state index contributed by atoms with van der Waals surface area (Å²) in [5.41, 5.74) is -4.47. The van der Waals surface area contributed by atoms with Crippen LogP contribution in [0.5, 0.6) is 0 Å². The number of ether oxygens (including phenoxy) is 1. The number of benzene rings is 1. The van der Waals surface area contributed by atoms with Crippen molar-refractivity contribution >= 4 is 32.9 Å². The molecule has 0 unspecified atom stereocenters. The number of hydrogen-bond acceptors (Lipinski definition) is 7. The molecule has 34 heavy (non-hydrogen) atoms. The van der Waals surface area contributed by atoms with Crippen LogP contribution in [-0.2, 0) is 21.1 Å². The lowest BCUT2D eigenvalue weighted by Gasteiger charge is -2.42. The molecular weight excluding hydrogens is 503 g/mol. The number of anilines is 1. The van der Waals surface area contributed by atoms with Crippen molar-refractivity contribution in [2.24, 2.45) is 0 Å². The Hall–Kier alpha value is -2.35. The predicted octanol–water partition coefficient (Wildman–Crippen LogP) is 2.00. The monoisotopic (exact) mass is 525 g/mol. The molecule has 9 nitrogen and oxygen atoms in total. The van der Waals surface area contributed by atoms with Crippen LogP contribution in [0.3, 0.4) is 0 Å². The topological polar surface area (TPSA) is 122 Å². The number of aromatic nitrogens is 2. The average molecular weight is 526 g/mol. The minimum atomic E-state index is -5.02. The van der Waals surface area contributed by atoms with E-state index in [2.05, 4.69) is 5.10 Å². The van der Waals surface area contributed by atoms with Gasteiger partial charge in [0.2, 0.25) is 5.78 Å². The van der Waals surface area contributed by atoms with E-state index < -0.39 is 45.6 Å². The minimum absolute atomic E-state index is 0.0584. The number of aliphatic hydroxyl groups is 1. The largest absolute Gasteiger partial charge is 0.419 e. The molecule has 2 N–H and O–H groups in total. The van der Waals surface area contributed by atoms with Gasteiger partial charge >= 0.3 is 6.18 Å². The summed E-state index contributed by atoms with van der Waals surface area (Å²) < 4.78 is 71.3. The molecule has 3 rings (SSSR count). The van der Waals surface area contributed by atoms with Crippen molar-refractivity contribution in [3.63, 3.8) is 0 Å². The fraction of sp³-hybridized carbons (Fsp3) is 0.500. The zero-order valence-electron chi connectivity index (χ0n) is 18.4. The fourth-order valence-corrected chi connectivity index (χ4v) is 4.97. The van der Waals surface area contributed by atoms with Crippen molar-refractivity contribution in [1.29, 1.82) is 0 Å². The molecule has 2 heterocycles. The number of ketones is 1. The zero-order chi connectivity index (χ0) is 25.6. The summed E-state index contributed by atoms with van der Waals surface area (Å²) in [5.74, 6) is -0.785. The highest BCUT2D eigenvalue weighted by atomic mass is 35.5. The van der Waals surface area contributed by atoms with E-state index in [4.69, 9.17) is 16.3 Å². The maximum absolute atomic E-state index is 13.4. The van der Waals surface area contributed by atoms with Crippen molar-refractivity contribution in [2.75, 3.05) is 30.9 Å². The smallest absolute Gasteiger partial charge is 0.379 e.